The summed E-state index contributed by atoms with van der Waals surface area (Å²) in [5, 5.41) is 1.94. The molecule has 1 aliphatic heterocycles. The molecule has 4 rings (SSSR count). The number of fused-ring (bicyclic) bond motifs is 1. The lowest BCUT2D eigenvalue weighted by Crippen LogP contribution is -2.66. The van der Waals surface area contributed by atoms with Crippen molar-refractivity contribution >= 4 is 76.4 Å². The quantitative estimate of drug-likeness (QED) is 0.171. The highest BCUT2D eigenvalue weighted by Crippen LogP contribution is 2.40. The van der Waals surface area contributed by atoms with Gasteiger partial charge in [0.05, 0.1) is 0 Å². The Hall–Kier alpha value is -2.11. The van der Waals surface area contributed by atoms with Gasteiger partial charge in [-0.1, -0.05) is 78.1 Å². The predicted molar refractivity (Wildman–Crippen MR) is 169 cm³/mol. The second kappa shape index (κ2) is 13.7. The molecule has 4 N–H and O–H groups in total. The minimum Gasteiger partial charge on any atom is -0.330 e. The Kier molecular flexibility index (Phi) is 10.6. The minimum atomic E-state index is -1.52. The fourth-order valence-corrected chi connectivity index (χ4v) is 7.25. The Bertz CT molecular complexity index is 1360. The van der Waals surface area contributed by atoms with Crippen molar-refractivity contribution in [2.24, 2.45) is 16.9 Å². The Labute approximate surface area is 260 Å². The number of carbonyl (C=O) groups is 3. The van der Waals surface area contributed by atoms with Gasteiger partial charge in [-0.2, -0.15) is 0 Å². The molecule has 40 heavy (non-hydrogen) atoms. The molecule has 1 saturated heterocycles. The van der Waals surface area contributed by atoms with E-state index in [1.54, 1.807) is 0 Å². The number of barbiturate groups is 1. The van der Waals surface area contributed by atoms with Crippen molar-refractivity contribution in [3.63, 3.8) is 0 Å². The van der Waals surface area contributed by atoms with Gasteiger partial charge in [0, 0.05) is 26.5 Å². The third kappa shape index (κ3) is 6.51. The van der Waals surface area contributed by atoms with Gasteiger partial charge in [0.25, 0.3) is 0 Å². The highest BCUT2D eigenvalue weighted by Gasteiger charge is 2.57. The number of nitrogens with zero attached hydrogens (tertiary/aromatic N) is 2. The van der Waals surface area contributed by atoms with Gasteiger partial charge in [-0.05, 0) is 97.8 Å². The monoisotopic (exact) mass is 734 g/mol. The second-order valence-electron chi connectivity index (χ2n) is 10.2. The van der Waals surface area contributed by atoms with Gasteiger partial charge in [0.2, 0.25) is 11.8 Å². The van der Waals surface area contributed by atoms with Crippen molar-refractivity contribution in [2.75, 3.05) is 26.2 Å². The van der Waals surface area contributed by atoms with Crippen LogP contribution in [0.1, 0.15) is 36.8 Å². The van der Waals surface area contributed by atoms with Crippen LogP contribution in [0.3, 0.4) is 0 Å². The third-order valence-electron chi connectivity index (χ3n) is 7.32. The lowest BCUT2D eigenvalue weighted by molar-refractivity contribution is -0.159. The molecule has 0 aliphatic carbocycles. The van der Waals surface area contributed by atoms with Gasteiger partial charge in [0.1, 0.15) is 5.41 Å². The average molecular weight is 737 g/mol. The van der Waals surface area contributed by atoms with Gasteiger partial charge in [-0.25, -0.2) is 4.79 Å². The Balaban J connectivity index is 1.89. The molecule has 4 amide bonds. The van der Waals surface area contributed by atoms with Crippen LogP contribution in [0.25, 0.3) is 10.8 Å². The van der Waals surface area contributed by atoms with E-state index < -0.39 is 23.3 Å². The third-order valence-corrected chi connectivity index (χ3v) is 8.93. The van der Waals surface area contributed by atoms with Crippen LogP contribution in [-0.2, 0) is 22.4 Å². The zero-order valence-corrected chi connectivity index (χ0v) is 26.9. The van der Waals surface area contributed by atoms with Crippen LogP contribution in [0.2, 0.25) is 0 Å². The lowest BCUT2D eigenvalue weighted by Gasteiger charge is -2.44. The van der Waals surface area contributed by atoms with Crippen LogP contribution in [0, 0.1) is 5.41 Å². The number of hydrogen-bond donors (Lipinski definition) is 2. The van der Waals surface area contributed by atoms with Crippen LogP contribution >= 0.6 is 47.8 Å². The van der Waals surface area contributed by atoms with E-state index in [1.807, 2.05) is 54.6 Å². The normalized spacial score (nSPS) is 15.4. The molecule has 0 saturated carbocycles. The van der Waals surface area contributed by atoms with E-state index in [2.05, 4.69) is 47.8 Å². The van der Waals surface area contributed by atoms with Gasteiger partial charge in [-0.3, -0.25) is 19.4 Å². The maximum Gasteiger partial charge on any atom is 0.333 e. The Morgan fingerprint density at radius 1 is 0.675 bits per heavy atom. The summed E-state index contributed by atoms with van der Waals surface area (Å²) in [5.74, 6) is -0.921. The SMILES string of the molecule is NCCCCN1C(=O)N(CCCCN)C(=O)C(Cc2cc(Br)cc(Br)c2)(Cc2ccc(Br)c3ccccc23)C1=O. The molecular formula is C30H33Br3N4O3. The molecule has 0 aromatic heterocycles. The van der Waals surface area contributed by atoms with Crippen LogP contribution in [-0.4, -0.2) is 53.8 Å². The molecule has 3 aromatic rings. The van der Waals surface area contributed by atoms with Crippen molar-refractivity contribution in [2.45, 2.75) is 38.5 Å². The highest BCUT2D eigenvalue weighted by atomic mass is 79.9. The van der Waals surface area contributed by atoms with E-state index in [4.69, 9.17) is 11.5 Å². The summed E-state index contributed by atoms with van der Waals surface area (Å²) in [6.45, 7) is 1.33. The van der Waals surface area contributed by atoms with E-state index in [-0.39, 0.29) is 25.9 Å². The lowest BCUT2D eigenvalue weighted by atomic mass is 9.72. The van der Waals surface area contributed by atoms with E-state index in [0.29, 0.717) is 38.8 Å². The van der Waals surface area contributed by atoms with Gasteiger partial charge >= 0.3 is 6.03 Å². The van der Waals surface area contributed by atoms with Crippen LogP contribution in [0.5, 0.6) is 0 Å². The number of urea groups is 1. The number of imide groups is 2. The van der Waals surface area contributed by atoms with Gasteiger partial charge in [-0.15, -0.1) is 0 Å². The van der Waals surface area contributed by atoms with E-state index in [0.717, 1.165) is 35.3 Å². The minimum absolute atomic E-state index is 0.140. The number of benzene rings is 3. The first-order chi connectivity index (χ1) is 19.2. The average Bonchev–Trinajstić information content (AvgIpc) is 2.92. The molecule has 3 aromatic carbocycles. The standard InChI is InChI=1S/C30H33Br3N4O3/c31-22-15-20(16-23(32)17-22)18-30(19-21-9-10-26(33)25-8-2-1-7-24(21)25)27(38)36(13-5-3-11-34)29(40)37(28(30)39)14-6-4-12-35/h1-2,7-10,15-17H,3-6,11-14,18-19,34-35H2. The predicted octanol–water partition coefficient (Wildman–Crippen LogP) is 6.17. The van der Waals surface area contributed by atoms with Crippen molar-refractivity contribution in [1.82, 2.24) is 9.80 Å². The largest absolute Gasteiger partial charge is 0.333 e. The number of amides is 4. The van der Waals surface area contributed by atoms with E-state index >= 15 is 0 Å². The number of hydrogen-bond acceptors (Lipinski definition) is 5. The zero-order chi connectivity index (χ0) is 28.9. The first-order valence-corrected chi connectivity index (χ1v) is 15.8. The second-order valence-corrected chi connectivity index (χ2v) is 12.8. The highest BCUT2D eigenvalue weighted by molar-refractivity contribution is 9.11. The summed E-state index contributed by atoms with van der Waals surface area (Å²) >= 11 is 10.7. The molecule has 0 unspecified atom stereocenters. The van der Waals surface area contributed by atoms with Crippen molar-refractivity contribution < 1.29 is 14.4 Å². The molecule has 1 aliphatic rings. The number of rotatable bonds is 12. The molecule has 0 radical (unpaired) electrons. The Morgan fingerprint density at radius 2 is 1.23 bits per heavy atom. The summed E-state index contributed by atoms with van der Waals surface area (Å²) in [7, 11) is 0. The Morgan fingerprint density at radius 3 is 1.77 bits per heavy atom. The molecule has 10 heteroatoms. The van der Waals surface area contributed by atoms with Crippen LogP contribution < -0.4 is 11.5 Å². The molecule has 1 heterocycles. The first-order valence-electron chi connectivity index (χ1n) is 13.4. The van der Waals surface area contributed by atoms with Gasteiger partial charge in [0.15, 0.2) is 0 Å². The van der Waals surface area contributed by atoms with Crippen molar-refractivity contribution in [3.05, 3.63) is 79.1 Å². The summed E-state index contributed by atoms with van der Waals surface area (Å²) in [6, 6.07) is 17.0. The zero-order valence-electron chi connectivity index (χ0n) is 22.2. The van der Waals surface area contributed by atoms with Crippen molar-refractivity contribution in [3.8, 4) is 0 Å². The summed E-state index contributed by atoms with van der Waals surface area (Å²) in [5.41, 5.74) is 11.6. The first kappa shape index (κ1) is 30.8. The maximum absolute atomic E-state index is 14.5. The summed E-state index contributed by atoms with van der Waals surface area (Å²) in [4.78, 5) is 45.1. The molecule has 0 spiro atoms. The molecule has 1 fully saturated rings. The van der Waals surface area contributed by atoms with Gasteiger partial charge < -0.3 is 11.5 Å². The molecule has 0 atom stereocenters. The number of unbranched alkanes of at least 4 members (excludes halogenated alkanes) is 2. The smallest absolute Gasteiger partial charge is 0.330 e. The molecular weight excluding hydrogens is 704 g/mol. The summed E-state index contributed by atoms with van der Waals surface area (Å²) < 4.78 is 2.58. The molecule has 7 nitrogen and oxygen atoms in total. The number of halogens is 3. The number of carbonyl (C=O) groups excluding carboxylic acids is 3. The maximum atomic E-state index is 14.5. The van der Waals surface area contributed by atoms with Crippen molar-refractivity contribution in [1.29, 1.82) is 0 Å². The summed E-state index contributed by atoms with van der Waals surface area (Å²) in [6.07, 6.45) is 2.76. The van der Waals surface area contributed by atoms with E-state index in [9.17, 15) is 14.4 Å². The fraction of sp³-hybridized carbons (Fsp3) is 0.367. The number of nitrogens with two attached hydrogens (primary N) is 2. The molecule has 0 bridgehead atoms. The van der Waals surface area contributed by atoms with E-state index in [1.165, 1.54) is 9.80 Å². The molecule has 212 valence electrons. The fourth-order valence-electron chi connectivity index (χ4n) is 5.38. The van der Waals surface area contributed by atoms with Crippen LogP contribution in [0.4, 0.5) is 4.79 Å². The van der Waals surface area contributed by atoms with Crippen LogP contribution in [0.15, 0.2) is 68.0 Å². The topological polar surface area (TPSA) is 110 Å².